The quantitative estimate of drug-likeness (QED) is 0.809. The van der Waals surface area contributed by atoms with Crippen molar-refractivity contribution in [2.24, 2.45) is 0 Å². The van der Waals surface area contributed by atoms with Crippen molar-refractivity contribution in [1.82, 2.24) is 10.3 Å². The third kappa shape index (κ3) is 3.26. The fourth-order valence-corrected chi connectivity index (χ4v) is 2.53. The Kier molecular flexibility index (Phi) is 5.50. The monoisotopic (exact) mass is 294 g/mol. The van der Waals surface area contributed by atoms with E-state index >= 15 is 0 Å². The molecule has 0 saturated carbocycles. The van der Waals surface area contributed by atoms with Gasteiger partial charge in [-0.05, 0) is 32.5 Å². The van der Waals surface area contributed by atoms with Gasteiger partial charge in [-0.3, -0.25) is 4.98 Å². The minimum absolute atomic E-state index is 0.0983. The molecule has 1 aromatic carbocycles. The van der Waals surface area contributed by atoms with Crippen LogP contribution < -0.4 is 5.32 Å². The van der Waals surface area contributed by atoms with Crippen molar-refractivity contribution in [3.05, 3.63) is 72.0 Å². The highest BCUT2D eigenvalue weighted by molar-refractivity contribution is 5.85. The molecule has 3 nitrogen and oxygen atoms in total. The van der Waals surface area contributed by atoms with Gasteiger partial charge >= 0.3 is 0 Å². The van der Waals surface area contributed by atoms with Crippen molar-refractivity contribution in [1.29, 1.82) is 0 Å². The lowest BCUT2D eigenvalue weighted by molar-refractivity contribution is 0.466. The van der Waals surface area contributed by atoms with E-state index in [4.69, 9.17) is 0 Å². The summed E-state index contributed by atoms with van der Waals surface area (Å²) in [6.45, 7) is 3.97. The predicted molar refractivity (Wildman–Crippen MR) is 92.9 cm³/mol. The summed E-state index contributed by atoms with van der Waals surface area (Å²) >= 11 is 0. The Bertz CT molecular complexity index is 729. The minimum Gasteiger partial charge on any atom is -0.505 e. The van der Waals surface area contributed by atoms with Gasteiger partial charge < -0.3 is 10.4 Å². The second-order valence-electron chi connectivity index (χ2n) is 4.99. The Morgan fingerprint density at radius 3 is 2.73 bits per heavy atom. The number of phenolic OH excluding ortho intramolecular Hbond substituents is 1. The highest BCUT2D eigenvalue weighted by Crippen LogP contribution is 2.34. The molecule has 1 heterocycles. The molecule has 0 saturated heterocycles. The number of allylic oxidation sites excluding steroid dienone is 4. The summed E-state index contributed by atoms with van der Waals surface area (Å²) < 4.78 is 0. The van der Waals surface area contributed by atoms with Gasteiger partial charge in [0.2, 0.25) is 0 Å². The molecule has 2 N–H and O–H groups in total. The number of hydrogen-bond donors (Lipinski definition) is 2. The van der Waals surface area contributed by atoms with Gasteiger partial charge in [-0.15, -0.1) is 0 Å². The van der Waals surface area contributed by atoms with Crippen LogP contribution in [0.25, 0.3) is 10.9 Å². The topological polar surface area (TPSA) is 45.2 Å². The summed E-state index contributed by atoms with van der Waals surface area (Å²) in [6.07, 6.45) is 11.8. The maximum absolute atomic E-state index is 10.6. The Labute approximate surface area is 131 Å². The van der Waals surface area contributed by atoms with Crippen LogP contribution in [0, 0.1) is 0 Å². The molecular formula is C19H22N2O. The van der Waals surface area contributed by atoms with Crippen LogP contribution in [0.4, 0.5) is 0 Å². The van der Waals surface area contributed by atoms with Crippen molar-refractivity contribution in [3.63, 3.8) is 0 Å². The number of aromatic hydroxyl groups is 1. The van der Waals surface area contributed by atoms with Gasteiger partial charge in [-0.2, -0.15) is 0 Å². The highest BCUT2D eigenvalue weighted by atomic mass is 16.3. The Balaban J connectivity index is 2.57. The van der Waals surface area contributed by atoms with E-state index in [1.807, 2.05) is 75.5 Å². The first-order valence-corrected chi connectivity index (χ1v) is 7.42. The standard InChI is InChI=1S/C19H22N2O/c1-4-6-9-14(8-5-2)17(20-3)16-12-11-15-10-7-13-21-18(15)19(16)22/h4-13,17,20,22H,1-3H3/b6-4-,8-5-,14-9+. The number of phenols is 1. The van der Waals surface area contributed by atoms with E-state index in [1.165, 1.54) is 0 Å². The average Bonchev–Trinajstić information content (AvgIpc) is 2.55. The number of likely N-dealkylation sites (N-methyl/N-ethyl adjacent to an activating group) is 1. The first-order chi connectivity index (χ1) is 10.7. The van der Waals surface area contributed by atoms with Crippen LogP contribution in [0.5, 0.6) is 5.75 Å². The second-order valence-corrected chi connectivity index (χ2v) is 4.99. The first kappa shape index (κ1) is 16.0. The fraction of sp³-hybridized carbons (Fsp3) is 0.211. The Morgan fingerprint density at radius 1 is 1.23 bits per heavy atom. The van der Waals surface area contributed by atoms with Crippen molar-refractivity contribution in [3.8, 4) is 5.75 Å². The fourth-order valence-electron chi connectivity index (χ4n) is 2.53. The molecule has 114 valence electrons. The lowest BCUT2D eigenvalue weighted by atomic mass is 9.95. The molecule has 0 aliphatic heterocycles. The number of fused-ring (bicyclic) bond motifs is 1. The third-order valence-corrected chi connectivity index (χ3v) is 3.55. The van der Waals surface area contributed by atoms with Crippen LogP contribution >= 0.6 is 0 Å². The van der Waals surface area contributed by atoms with Crippen LogP contribution in [0.2, 0.25) is 0 Å². The smallest absolute Gasteiger partial charge is 0.146 e. The van der Waals surface area contributed by atoms with Gasteiger partial charge in [0, 0.05) is 17.1 Å². The van der Waals surface area contributed by atoms with E-state index < -0.39 is 0 Å². The molecule has 0 radical (unpaired) electrons. The van der Waals surface area contributed by atoms with E-state index in [1.54, 1.807) is 6.20 Å². The number of hydrogen-bond acceptors (Lipinski definition) is 3. The van der Waals surface area contributed by atoms with E-state index in [-0.39, 0.29) is 11.8 Å². The Hall–Kier alpha value is -2.39. The normalized spacial score (nSPS) is 14.2. The minimum atomic E-state index is -0.0983. The van der Waals surface area contributed by atoms with Crippen molar-refractivity contribution < 1.29 is 5.11 Å². The lowest BCUT2D eigenvalue weighted by Gasteiger charge is -2.20. The molecule has 2 aromatic rings. The predicted octanol–water partition coefficient (Wildman–Crippen LogP) is 4.28. The van der Waals surface area contributed by atoms with Crippen molar-refractivity contribution >= 4 is 10.9 Å². The molecule has 22 heavy (non-hydrogen) atoms. The summed E-state index contributed by atoms with van der Waals surface area (Å²) in [5, 5.41) is 14.8. The van der Waals surface area contributed by atoms with Gasteiger partial charge in [0.15, 0.2) is 0 Å². The second kappa shape index (κ2) is 7.57. The molecule has 0 spiro atoms. The molecule has 0 amide bonds. The van der Waals surface area contributed by atoms with Crippen LogP contribution in [0.1, 0.15) is 25.5 Å². The van der Waals surface area contributed by atoms with E-state index in [2.05, 4.69) is 10.3 Å². The summed E-state index contributed by atoms with van der Waals surface area (Å²) in [5.74, 6) is 0.230. The number of rotatable bonds is 5. The van der Waals surface area contributed by atoms with Gasteiger partial charge in [-0.25, -0.2) is 0 Å². The summed E-state index contributed by atoms with van der Waals surface area (Å²) in [5.41, 5.74) is 2.53. The van der Waals surface area contributed by atoms with Gasteiger partial charge in [0.05, 0.1) is 6.04 Å². The molecule has 1 unspecified atom stereocenters. The number of nitrogens with one attached hydrogen (secondary N) is 1. The maximum Gasteiger partial charge on any atom is 0.146 e. The SMILES string of the molecule is C\C=C/C=C(\C=C/C)C(NC)c1ccc2cccnc2c1O. The van der Waals surface area contributed by atoms with Gasteiger partial charge in [0.1, 0.15) is 11.3 Å². The molecule has 1 atom stereocenters. The first-order valence-electron chi connectivity index (χ1n) is 7.42. The average molecular weight is 294 g/mol. The summed E-state index contributed by atoms with van der Waals surface area (Å²) in [6, 6.07) is 7.66. The van der Waals surface area contributed by atoms with Gasteiger partial charge in [-0.1, -0.05) is 48.6 Å². The Morgan fingerprint density at radius 2 is 2.05 bits per heavy atom. The molecule has 2 rings (SSSR count). The lowest BCUT2D eigenvalue weighted by Crippen LogP contribution is -2.18. The van der Waals surface area contributed by atoms with Crippen molar-refractivity contribution in [2.75, 3.05) is 7.05 Å². The maximum atomic E-state index is 10.6. The zero-order chi connectivity index (χ0) is 15.9. The molecular weight excluding hydrogens is 272 g/mol. The molecule has 0 aliphatic rings. The molecule has 0 bridgehead atoms. The largest absolute Gasteiger partial charge is 0.505 e. The summed E-state index contributed by atoms with van der Waals surface area (Å²) in [7, 11) is 1.89. The molecule has 0 aliphatic carbocycles. The number of benzene rings is 1. The highest BCUT2D eigenvalue weighted by Gasteiger charge is 2.18. The summed E-state index contributed by atoms with van der Waals surface area (Å²) in [4.78, 5) is 4.30. The van der Waals surface area contributed by atoms with Gasteiger partial charge in [0.25, 0.3) is 0 Å². The van der Waals surface area contributed by atoms with Crippen LogP contribution in [0.3, 0.4) is 0 Å². The van der Waals surface area contributed by atoms with Crippen molar-refractivity contribution in [2.45, 2.75) is 19.9 Å². The molecule has 1 aromatic heterocycles. The number of aromatic nitrogens is 1. The van der Waals surface area contributed by atoms with E-state index in [9.17, 15) is 5.11 Å². The molecule has 0 fully saturated rings. The zero-order valence-corrected chi connectivity index (χ0v) is 13.2. The van der Waals surface area contributed by atoms with Crippen LogP contribution in [-0.2, 0) is 0 Å². The third-order valence-electron chi connectivity index (χ3n) is 3.55. The molecule has 3 heteroatoms. The van der Waals surface area contributed by atoms with Crippen LogP contribution in [-0.4, -0.2) is 17.1 Å². The van der Waals surface area contributed by atoms with E-state index in [0.29, 0.717) is 5.52 Å². The van der Waals surface area contributed by atoms with E-state index in [0.717, 1.165) is 16.5 Å². The number of nitrogens with zero attached hydrogens (tertiary/aromatic N) is 1. The zero-order valence-electron chi connectivity index (χ0n) is 13.2. The van der Waals surface area contributed by atoms with Crippen LogP contribution in [0.15, 0.2) is 66.4 Å². The number of pyridine rings is 1.